The molecule has 0 unspecified atom stereocenters. The summed E-state index contributed by atoms with van der Waals surface area (Å²) in [4.78, 5) is 18.5. The van der Waals surface area contributed by atoms with Crippen molar-refractivity contribution < 1.29 is 19.4 Å². The van der Waals surface area contributed by atoms with Crippen molar-refractivity contribution in [2.24, 2.45) is 11.8 Å². The van der Waals surface area contributed by atoms with Crippen LogP contribution in [0.2, 0.25) is 0 Å². The first-order chi connectivity index (χ1) is 13.5. The lowest BCUT2D eigenvalue weighted by Gasteiger charge is -2.35. The van der Waals surface area contributed by atoms with Crippen molar-refractivity contribution in [2.75, 3.05) is 25.1 Å². The van der Waals surface area contributed by atoms with E-state index in [9.17, 15) is 9.90 Å². The van der Waals surface area contributed by atoms with E-state index in [0.717, 1.165) is 37.4 Å². The van der Waals surface area contributed by atoms with Crippen molar-refractivity contribution in [1.29, 1.82) is 0 Å². The number of anilines is 1. The zero-order valence-electron chi connectivity index (χ0n) is 16.2. The highest BCUT2D eigenvalue weighted by atomic mass is 16.5. The van der Waals surface area contributed by atoms with Gasteiger partial charge in [-0.2, -0.15) is 0 Å². The minimum absolute atomic E-state index is 0.240. The number of aliphatic hydroxyl groups is 1. The minimum atomic E-state index is -0.494. The number of methoxy groups -OCH3 is 1. The van der Waals surface area contributed by atoms with Crippen LogP contribution in [0.5, 0.6) is 5.75 Å². The van der Waals surface area contributed by atoms with E-state index in [0.29, 0.717) is 23.1 Å². The first-order valence-corrected chi connectivity index (χ1v) is 9.75. The predicted octanol–water partition coefficient (Wildman–Crippen LogP) is 2.83. The van der Waals surface area contributed by atoms with Crippen LogP contribution in [-0.2, 0) is 4.74 Å². The van der Waals surface area contributed by atoms with Crippen LogP contribution in [0, 0.1) is 18.8 Å². The summed E-state index contributed by atoms with van der Waals surface area (Å²) in [7, 11) is 1.36. The summed E-state index contributed by atoms with van der Waals surface area (Å²) in [5.74, 6) is 2.23. The number of hydrogen-bond acceptors (Lipinski definition) is 6. The lowest BCUT2D eigenvalue weighted by atomic mass is 9.78. The molecular formula is C22H26N2O4. The number of esters is 1. The summed E-state index contributed by atoms with van der Waals surface area (Å²) in [5, 5.41) is 10.6. The number of carbonyl (C=O) groups is 1. The third-order valence-electron chi connectivity index (χ3n) is 5.85. The van der Waals surface area contributed by atoms with E-state index in [-0.39, 0.29) is 12.1 Å². The molecule has 28 heavy (non-hydrogen) atoms. The second-order valence-electron chi connectivity index (χ2n) is 7.77. The van der Waals surface area contributed by atoms with Gasteiger partial charge in [-0.15, -0.1) is 0 Å². The fraction of sp³-hybridized carbons (Fsp3) is 0.455. The van der Waals surface area contributed by atoms with Crippen molar-refractivity contribution in [2.45, 2.75) is 32.0 Å². The topological polar surface area (TPSA) is 71.9 Å². The number of carbonyl (C=O) groups excluding carboxylic acids is 1. The van der Waals surface area contributed by atoms with Crippen LogP contribution in [0.25, 0.3) is 0 Å². The second kappa shape index (κ2) is 7.80. The van der Waals surface area contributed by atoms with E-state index in [4.69, 9.17) is 9.47 Å². The number of aromatic nitrogens is 1. The number of aliphatic hydroxyl groups excluding tert-OH is 1. The molecule has 2 aromatic rings. The standard InChI is InChI=1S/C22H26N2O4/c1-14-4-3-5-21(23-14)24-12-16-10-19(25)20(11-17(16)13-24)28-18-8-6-15(7-9-18)22(26)27-2/h3-9,16-17,19-20,25H,10-13H2,1-2H3/t16-,17+,19-,20-/m0/s1. The van der Waals surface area contributed by atoms with Gasteiger partial charge in [-0.3, -0.25) is 0 Å². The lowest BCUT2D eigenvalue weighted by molar-refractivity contribution is -0.0231. The molecule has 2 fully saturated rings. The van der Waals surface area contributed by atoms with Crippen LogP contribution in [0.3, 0.4) is 0 Å². The van der Waals surface area contributed by atoms with E-state index in [1.165, 1.54) is 7.11 Å². The largest absolute Gasteiger partial charge is 0.488 e. The molecule has 0 spiro atoms. The fourth-order valence-corrected chi connectivity index (χ4v) is 4.37. The van der Waals surface area contributed by atoms with E-state index in [1.54, 1.807) is 24.3 Å². The molecule has 4 rings (SSSR count). The number of aryl methyl sites for hydroxylation is 1. The first kappa shape index (κ1) is 18.7. The van der Waals surface area contributed by atoms with Crippen LogP contribution >= 0.6 is 0 Å². The van der Waals surface area contributed by atoms with Crippen molar-refractivity contribution in [1.82, 2.24) is 4.98 Å². The summed E-state index contributed by atoms with van der Waals surface area (Å²) in [5.41, 5.74) is 1.50. The zero-order valence-corrected chi connectivity index (χ0v) is 16.2. The molecule has 6 heteroatoms. The third kappa shape index (κ3) is 3.83. The van der Waals surface area contributed by atoms with Gasteiger partial charge in [0.25, 0.3) is 0 Å². The predicted molar refractivity (Wildman–Crippen MR) is 106 cm³/mol. The van der Waals surface area contributed by atoms with Crippen molar-refractivity contribution >= 4 is 11.8 Å². The van der Waals surface area contributed by atoms with Crippen molar-refractivity contribution in [3.63, 3.8) is 0 Å². The molecule has 2 heterocycles. The van der Waals surface area contributed by atoms with Gasteiger partial charge >= 0.3 is 5.97 Å². The van der Waals surface area contributed by atoms with Gasteiger partial charge in [0.15, 0.2) is 0 Å². The summed E-state index contributed by atoms with van der Waals surface area (Å²) in [6.45, 7) is 3.87. The normalized spacial score (nSPS) is 26.6. The molecular weight excluding hydrogens is 356 g/mol. The second-order valence-corrected chi connectivity index (χ2v) is 7.77. The molecule has 1 aromatic heterocycles. The van der Waals surface area contributed by atoms with Gasteiger partial charge in [-0.25, -0.2) is 9.78 Å². The Morgan fingerprint density at radius 1 is 1.11 bits per heavy atom. The number of pyridine rings is 1. The SMILES string of the molecule is COC(=O)c1ccc(O[C@H]2C[C@@H]3CN(c4cccc(C)n4)C[C@@H]3C[C@@H]2O)cc1. The molecule has 1 aliphatic heterocycles. The summed E-state index contributed by atoms with van der Waals surface area (Å²) >= 11 is 0. The van der Waals surface area contributed by atoms with Gasteiger partial charge in [0.05, 0.1) is 18.8 Å². The maximum atomic E-state index is 11.5. The highest BCUT2D eigenvalue weighted by Gasteiger charge is 2.43. The molecule has 1 aliphatic carbocycles. The number of nitrogens with zero attached hydrogens (tertiary/aromatic N) is 2. The van der Waals surface area contributed by atoms with Crippen LogP contribution in [0.1, 0.15) is 28.9 Å². The monoisotopic (exact) mass is 382 g/mol. The summed E-state index contributed by atoms with van der Waals surface area (Å²) in [6, 6.07) is 13.0. The maximum absolute atomic E-state index is 11.5. The number of ether oxygens (including phenoxy) is 2. The molecule has 1 N–H and O–H groups in total. The number of hydrogen-bond donors (Lipinski definition) is 1. The molecule has 0 radical (unpaired) electrons. The van der Waals surface area contributed by atoms with Gasteiger partial charge in [0.2, 0.25) is 0 Å². The lowest BCUT2D eigenvalue weighted by Crippen LogP contribution is -2.42. The molecule has 6 nitrogen and oxygen atoms in total. The molecule has 1 saturated carbocycles. The van der Waals surface area contributed by atoms with Gasteiger partial charge < -0.3 is 19.5 Å². The van der Waals surface area contributed by atoms with Gasteiger partial charge in [-0.1, -0.05) is 6.07 Å². The molecule has 4 atom stereocenters. The summed E-state index contributed by atoms with van der Waals surface area (Å²) in [6.07, 6.45) is 0.813. The number of rotatable bonds is 4. The average Bonchev–Trinajstić information content (AvgIpc) is 3.11. The Hall–Kier alpha value is -2.60. The zero-order chi connectivity index (χ0) is 19.7. The minimum Gasteiger partial charge on any atom is -0.488 e. The molecule has 1 saturated heterocycles. The fourth-order valence-electron chi connectivity index (χ4n) is 4.37. The third-order valence-corrected chi connectivity index (χ3v) is 5.85. The van der Waals surface area contributed by atoms with E-state index >= 15 is 0 Å². The Morgan fingerprint density at radius 3 is 2.50 bits per heavy atom. The quantitative estimate of drug-likeness (QED) is 0.820. The van der Waals surface area contributed by atoms with Gasteiger partial charge in [0.1, 0.15) is 17.7 Å². The Bertz CT molecular complexity index is 839. The molecule has 1 aromatic carbocycles. The highest BCUT2D eigenvalue weighted by molar-refractivity contribution is 5.89. The van der Waals surface area contributed by atoms with Crippen LogP contribution < -0.4 is 9.64 Å². The molecule has 2 aliphatic rings. The smallest absolute Gasteiger partial charge is 0.337 e. The molecule has 148 valence electrons. The highest BCUT2D eigenvalue weighted by Crippen LogP contribution is 2.39. The Balaban J connectivity index is 1.41. The van der Waals surface area contributed by atoms with Crippen molar-refractivity contribution in [3.05, 3.63) is 53.7 Å². The Labute approximate surface area is 165 Å². The van der Waals surface area contributed by atoms with Gasteiger partial charge in [0, 0.05) is 18.8 Å². The molecule has 0 bridgehead atoms. The first-order valence-electron chi connectivity index (χ1n) is 9.75. The van der Waals surface area contributed by atoms with E-state index in [1.807, 2.05) is 19.1 Å². The Kier molecular flexibility index (Phi) is 5.22. The molecule has 0 amide bonds. The van der Waals surface area contributed by atoms with Crippen molar-refractivity contribution in [3.8, 4) is 5.75 Å². The Morgan fingerprint density at radius 2 is 1.82 bits per heavy atom. The van der Waals surface area contributed by atoms with E-state index < -0.39 is 6.10 Å². The number of benzene rings is 1. The van der Waals surface area contributed by atoms with Crippen LogP contribution in [-0.4, -0.2) is 48.5 Å². The van der Waals surface area contributed by atoms with E-state index in [2.05, 4.69) is 16.0 Å². The van der Waals surface area contributed by atoms with Crippen LogP contribution in [0.4, 0.5) is 5.82 Å². The maximum Gasteiger partial charge on any atom is 0.337 e. The average molecular weight is 382 g/mol. The van der Waals surface area contributed by atoms with Gasteiger partial charge in [-0.05, 0) is 68.0 Å². The summed E-state index contributed by atoms with van der Waals surface area (Å²) < 4.78 is 10.8. The van der Waals surface area contributed by atoms with Crippen LogP contribution in [0.15, 0.2) is 42.5 Å². The number of fused-ring (bicyclic) bond motifs is 1.